The molecule has 0 saturated carbocycles. The molecule has 3 unspecified atom stereocenters. The normalized spacial score (nSPS) is 36.8. The summed E-state index contributed by atoms with van der Waals surface area (Å²) in [7, 11) is 0. The summed E-state index contributed by atoms with van der Waals surface area (Å²) in [4.78, 5) is 0. The Morgan fingerprint density at radius 3 is 2.54 bits per heavy atom. The summed E-state index contributed by atoms with van der Waals surface area (Å²) in [5, 5.41) is 9.91. The maximum absolute atomic E-state index is 12.6. The molecular formula is C18H34N2O7S. The fraction of sp³-hybridized carbons (Fsp3) is 1.00. The van der Waals surface area contributed by atoms with Crippen LogP contribution in [0.25, 0.3) is 0 Å². The first kappa shape index (κ1) is 22.5. The minimum absolute atomic E-state index is 0.0284. The molecule has 0 aliphatic carbocycles. The van der Waals surface area contributed by atoms with Gasteiger partial charge >= 0.3 is 0 Å². The van der Waals surface area contributed by atoms with Gasteiger partial charge in [0.05, 0.1) is 12.7 Å². The van der Waals surface area contributed by atoms with Crippen molar-refractivity contribution < 1.29 is 32.4 Å². The summed E-state index contributed by atoms with van der Waals surface area (Å²) in [6.45, 7) is 10.2. The van der Waals surface area contributed by atoms with E-state index < -0.39 is 34.7 Å². The van der Waals surface area contributed by atoms with Gasteiger partial charge in [-0.05, 0) is 47.5 Å². The minimum atomic E-state index is -1.61. The van der Waals surface area contributed by atoms with E-state index in [9.17, 15) is 9.32 Å². The quantitative estimate of drug-likeness (QED) is 0.604. The predicted octanol–water partition coefficient (Wildman–Crippen LogP) is 0.777. The Morgan fingerprint density at radius 2 is 1.93 bits per heavy atom. The van der Waals surface area contributed by atoms with Gasteiger partial charge in [0, 0.05) is 25.0 Å². The Hall–Kier alpha value is -0.170. The molecule has 0 aromatic heterocycles. The Bertz CT molecular complexity index is 585. The first-order valence-corrected chi connectivity index (χ1v) is 10.8. The van der Waals surface area contributed by atoms with E-state index in [1.807, 2.05) is 6.92 Å². The molecular weight excluding hydrogens is 388 g/mol. The van der Waals surface area contributed by atoms with Crippen molar-refractivity contribution in [3.05, 3.63) is 0 Å². The van der Waals surface area contributed by atoms with Gasteiger partial charge in [0.25, 0.3) is 0 Å². The van der Waals surface area contributed by atoms with Crippen LogP contribution in [-0.4, -0.2) is 75.0 Å². The highest BCUT2D eigenvalue weighted by molar-refractivity contribution is 7.77. The molecule has 164 valence electrons. The number of hydrogen-bond acceptors (Lipinski definition) is 8. The molecule has 0 aromatic carbocycles. The summed E-state index contributed by atoms with van der Waals surface area (Å²) in [6, 6.07) is 0. The van der Waals surface area contributed by atoms with E-state index in [-0.39, 0.29) is 24.9 Å². The number of fused-ring (bicyclic) bond motifs is 1. The van der Waals surface area contributed by atoms with Crippen LogP contribution in [-0.2, 0) is 34.4 Å². The number of hydrogen-bond donors (Lipinski definition) is 2. The molecule has 3 N–H and O–H groups in total. The molecule has 3 fully saturated rings. The van der Waals surface area contributed by atoms with Crippen LogP contribution < -0.4 is 5.73 Å². The summed E-state index contributed by atoms with van der Waals surface area (Å²) >= 11 is -1.61. The van der Waals surface area contributed by atoms with Crippen molar-refractivity contribution in [1.29, 1.82) is 0 Å². The summed E-state index contributed by atoms with van der Waals surface area (Å²) < 4.78 is 43.6. The first-order chi connectivity index (χ1) is 12.8. The zero-order valence-electron chi connectivity index (χ0n) is 17.4. The smallest absolute Gasteiger partial charge is 0.237 e. The molecule has 0 aromatic rings. The molecule has 4 atom stereocenters. The third-order valence-electron chi connectivity index (χ3n) is 5.22. The highest BCUT2D eigenvalue weighted by Gasteiger charge is 2.58. The highest BCUT2D eigenvalue weighted by atomic mass is 32.2. The van der Waals surface area contributed by atoms with E-state index in [0.717, 1.165) is 12.8 Å². The summed E-state index contributed by atoms with van der Waals surface area (Å²) in [5.74, 6) is -3.30. The average molecular weight is 423 g/mol. The Balaban J connectivity index is 1.60. The maximum atomic E-state index is 12.6. The van der Waals surface area contributed by atoms with Crippen LogP contribution in [0.2, 0.25) is 0 Å². The van der Waals surface area contributed by atoms with Crippen LogP contribution in [0.3, 0.4) is 0 Å². The Labute approximate surface area is 169 Å². The van der Waals surface area contributed by atoms with Gasteiger partial charge in [-0.15, -0.1) is 0 Å². The molecule has 0 amide bonds. The Morgan fingerprint density at radius 1 is 1.29 bits per heavy atom. The van der Waals surface area contributed by atoms with Crippen LogP contribution in [0, 0.1) is 0 Å². The van der Waals surface area contributed by atoms with Crippen LogP contribution >= 0.6 is 0 Å². The van der Waals surface area contributed by atoms with Crippen molar-refractivity contribution in [1.82, 2.24) is 4.31 Å². The van der Waals surface area contributed by atoms with Crippen molar-refractivity contribution in [3.63, 3.8) is 0 Å². The third-order valence-corrected chi connectivity index (χ3v) is 6.32. The summed E-state index contributed by atoms with van der Waals surface area (Å²) in [6.07, 6.45) is 1.18. The number of aliphatic hydroxyl groups is 1. The largest absolute Gasteiger partial charge is 0.366 e. The molecule has 3 heterocycles. The topological polar surface area (TPSA) is 113 Å². The van der Waals surface area contributed by atoms with Gasteiger partial charge in [0.1, 0.15) is 12.7 Å². The van der Waals surface area contributed by atoms with Gasteiger partial charge in [-0.1, -0.05) is 0 Å². The predicted molar refractivity (Wildman–Crippen MR) is 102 cm³/mol. The minimum Gasteiger partial charge on any atom is -0.366 e. The monoisotopic (exact) mass is 422 g/mol. The van der Waals surface area contributed by atoms with Gasteiger partial charge in [0.15, 0.2) is 11.6 Å². The van der Waals surface area contributed by atoms with E-state index in [1.54, 1.807) is 32.0 Å². The fourth-order valence-corrected chi connectivity index (χ4v) is 4.73. The van der Waals surface area contributed by atoms with Gasteiger partial charge in [-0.25, -0.2) is 8.51 Å². The van der Waals surface area contributed by atoms with Crippen LogP contribution in [0.15, 0.2) is 0 Å². The maximum Gasteiger partial charge on any atom is 0.237 e. The van der Waals surface area contributed by atoms with Crippen LogP contribution in [0.1, 0.15) is 53.9 Å². The average Bonchev–Trinajstić information content (AvgIpc) is 2.81. The van der Waals surface area contributed by atoms with Crippen molar-refractivity contribution in [2.24, 2.45) is 5.73 Å². The number of nitrogens with two attached hydrogens (primary N) is 1. The molecule has 28 heavy (non-hydrogen) atoms. The summed E-state index contributed by atoms with van der Waals surface area (Å²) in [5.41, 5.74) is 5.91. The van der Waals surface area contributed by atoms with Gasteiger partial charge < -0.3 is 29.8 Å². The molecule has 3 aliphatic rings. The third kappa shape index (κ3) is 5.50. The van der Waals surface area contributed by atoms with Crippen LogP contribution in [0.5, 0.6) is 0 Å². The zero-order chi connectivity index (χ0) is 20.8. The molecule has 9 nitrogen and oxygen atoms in total. The van der Waals surface area contributed by atoms with Gasteiger partial charge in [-0.2, -0.15) is 0 Å². The number of rotatable bonds is 6. The lowest BCUT2D eigenvalue weighted by molar-refractivity contribution is -0.307. The molecule has 10 heteroatoms. The fourth-order valence-electron chi connectivity index (χ4n) is 3.84. The molecule has 3 rings (SSSR count). The first-order valence-electron chi connectivity index (χ1n) is 9.80. The van der Waals surface area contributed by atoms with Gasteiger partial charge in [0.2, 0.25) is 17.1 Å². The van der Waals surface area contributed by atoms with Crippen molar-refractivity contribution >= 4 is 11.3 Å². The van der Waals surface area contributed by atoms with Crippen molar-refractivity contribution in [2.75, 3.05) is 26.3 Å². The van der Waals surface area contributed by atoms with E-state index >= 15 is 0 Å². The molecule has 0 radical (unpaired) electrons. The highest BCUT2D eigenvalue weighted by Crippen LogP contribution is 2.43. The SMILES string of the molecule is CC1(N)CCN(S(=O)OCC23OC[C@@H](OC(C)(C)O)CC2OC(C)(C)O3)CC1. The van der Waals surface area contributed by atoms with E-state index in [4.69, 9.17) is 28.9 Å². The number of piperidine rings is 1. The number of nitrogens with zero attached hydrogens (tertiary/aromatic N) is 1. The molecule has 3 saturated heterocycles. The molecule has 0 bridgehead atoms. The molecule has 0 spiro atoms. The lowest BCUT2D eigenvalue weighted by Crippen LogP contribution is -2.56. The second-order valence-electron chi connectivity index (χ2n) is 9.22. The van der Waals surface area contributed by atoms with E-state index in [1.165, 1.54) is 0 Å². The lowest BCUT2D eigenvalue weighted by Gasteiger charge is -2.41. The Kier molecular flexibility index (Phi) is 6.29. The lowest BCUT2D eigenvalue weighted by atomic mass is 9.92. The number of ether oxygens (including phenoxy) is 4. The zero-order valence-corrected chi connectivity index (χ0v) is 18.3. The van der Waals surface area contributed by atoms with E-state index in [0.29, 0.717) is 19.5 Å². The van der Waals surface area contributed by atoms with E-state index in [2.05, 4.69) is 0 Å². The second-order valence-corrected chi connectivity index (χ2v) is 10.4. The van der Waals surface area contributed by atoms with Crippen molar-refractivity contribution in [3.8, 4) is 0 Å². The van der Waals surface area contributed by atoms with Gasteiger partial charge in [-0.3, -0.25) is 4.18 Å². The second kappa shape index (κ2) is 7.82. The molecule has 3 aliphatic heterocycles. The van der Waals surface area contributed by atoms with Crippen molar-refractivity contribution in [2.45, 2.75) is 89.0 Å². The standard InChI is InChI=1S/C18H34N2O7S/c1-15(2,21)25-13-10-14-18(23-11-13,27-16(3,4)26-14)12-24-28(22)20-8-6-17(5,19)7-9-20/h13-14,21H,6-12,19H2,1-5H3/t13-,14?,18?,28?/m0/s1. The van der Waals surface area contributed by atoms with Crippen LogP contribution in [0.4, 0.5) is 0 Å².